The lowest BCUT2D eigenvalue weighted by molar-refractivity contribution is -0.144. The third kappa shape index (κ3) is 4.12. The van der Waals surface area contributed by atoms with Crippen molar-refractivity contribution in [1.82, 2.24) is 0 Å². The summed E-state index contributed by atoms with van der Waals surface area (Å²) >= 11 is 0. The van der Waals surface area contributed by atoms with E-state index in [0.717, 1.165) is 32.1 Å². The quantitative estimate of drug-likeness (QED) is 0.586. The SMILES string of the molecule is CCCC(=O)C1C(=O)CC(C2CCC=CCCC2)CC1=O. The molecule has 1 atom stereocenters. The fourth-order valence-electron chi connectivity index (χ4n) is 3.75. The Hall–Kier alpha value is -1.25. The second-order valence-corrected chi connectivity index (χ2v) is 6.49. The van der Waals surface area contributed by atoms with Crippen LogP contribution in [-0.2, 0) is 14.4 Å². The molecule has 0 aromatic heterocycles. The largest absolute Gasteiger partial charge is 0.298 e. The van der Waals surface area contributed by atoms with Crippen LogP contribution in [-0.4, -0.2) is 17.3 Å². The summed E-state index contributed by atoms with van der Waals surface area (Å²) in [5.41, 5.74) is 0. The summed E-state index contributed by atoms with van der Waals surface area (Å²) in [6, 6.07) is 0. The predicted molar refractivity (Wildman–Crippen MR) is 81.9 cm³/mol. The van der Waals surface area contributed by atoms with E-state index in [2.05, 4.69) is 12.2 Å². The van der Waals surface area contributed by atoms with E-state index in [-0.39, 0.29) is 23.3 Å². The van der Waals surface area contributed by atoms with Gasteiger partial charge in [0.05, 0.1) is 0 Å². The summed E-state index contributed by atoms with van der Waals surface area (Å²) < 4.78 is 0. The van der Waals surface area contributed by atoms with Gasteiger partial charge in [-0.15, -0.1) is 0 Å². The number of hydrogen-bond acceptors (Lipinski definition) is 3. The maximum Gasteiger partial charge on any atom is 0.151 e. The van der Waals surface area contributed by atoms with E-state index in [4.69, 9.17) is 0 Å². The highest BCUT2D eigenvalue weighted by molar-refractivity contribution is 6.20. The molecule has 0 heterocycles. The second-order valence-electron chi connectivity index (χ2n) is 6.49. The Labute approximate surface area is 127 Å². The molecular formula is C18H26O3. The number of hydrogen-bond donors (Lipinski definition) is 0. The molecule has 0 radical (unpaired) electrons. The van der Waals surface area contributed by atoms with Gasteiger partial charge >= 0.3 is 0 Å². The van der Waals surface area contributed by atoms with Crippen molar-refractivity contribution in [2.75, 3.05) is 0 Å². The van der Waals surface area contributed by atoms with E-state index < -0.39 is 5.92 Å². The zero-order valence-electron chi connectivity index (χ0n) is 13.0. The highest BCUT2D eigenvalue weighted by Gasteiger charge is 2.41. The van der Waals surface area contributed by atoms with Crippen LogP contribution in [0.25, 0.3) is 0 Å². The minimum atomic E-state index is -0.936. The molecule has 1 unspecified atom stereocenters. The fraction of sp³-hybridized carbons (Fsp3) is 0.722. The van der Waals surface area contributed by atoms with Crippen molar-refractivity contribution in [3.8, 4) is 0 Å². The van der Waals surface area contributed by atoms with Gasteiger partial charge in [0.25, 0.3) is 0 Å². The zero-order chi connectivity index (χ0) is 15.2. The number of Topliss-reactive ketones (excluding diaryl/α,β-unsaturated/α-hetero) is 3. The van der Waals surface area contributed by atoms with Crippen molar-refractivity contribution in [2.24, 2.45) is 17.8 Å². The molecule has 0 aliphatic heterocycles. The van der Waals surface area contributed by atoms with Crippen molar-refractivity contribution in [3.05, 3.63) is 12.2 Å². The standard InChI is InChI=1S/C18H26O3/c1-2-8-15(19)18-16(20)11-14(12-17(18)21)13-9-6-4-3-5-7-10-13/h3-4,13-14,18H,2,5-12H2,1H3. The van der Waals surface area contributed by atoms with Crippen molar-refractivity contribution < 1.29 is 14.4 Å². The number of carbonyl (C=O) groups is 3. The first kappa shape index (κ1) is 16.1. The van der Waals surface area contributed by atoms with E-state index in [9.17, 15) is 14.4 Å². The van der Waals surface area contributed by atoms with Crippen LogP contribution < -0.4 is 0 Å². The molecule has 3 nitrogen and oxygen atoms in total. The van der Waals surface area contributed by atoms with Gasteiger partial charge in [-0.25, -0.2) is 0 Å². The maximum atomic E-state index is 12.3. The molecular weight excluding hydrogens is 264 g/mol. The molecule has 2 rings (SSSR count). The number of carbonyl (C=O) groups excluding carboxylic acids is 3. The minimum absolute atomic E-state index is 0.118. The summed E-state index contributed by atoms with van der Waals surface area (Å²) in [5.74, 6) is -0.701. The molecule has 0 N–H and O–H groups in total. The lowest BCUT2D eigenvalue weighted by Crippen LogP contribution is -2.40. The Bertz CT molecular complexity index is 418. The molecule has 0 spiro atoms. The summed E-state index contributed by atoms with van der Waals surface area (Å²) in [6.07, 6.45) is 11.8. The van der Waals surface area contributed by atoms with Gasteiger partial charge < -0.3 is 0 Å². The van der Waals surface area contributed by atoms with Gasteiger partial charge in [-0.2, -0.15) is 0 Å². The smallest absolute Gasteiger partial charge is 0.151 e. The van der Waals surface area contributed by atoms with Crippen LogP contribution in [0, 0.1) is 17.8 Å². The van der Waals surface area contributed by atoms with Crippen LogP contribution in [0.1, 0.15) is 64.7 Å². The lowest BCUT2D eigenvalue weighted by Gasteiger charge is -2.32. The maximum absolute atomic E-state index is 12.3. The van der Waals surface area contributed by atoms with Gasteiger partial charge in [-0.3, -0.25) is 14.4 Å². The number of allylic oxidation sites excluding steroid dienone is 2. The summed E-state index contributed by atoms with van der Waals surface area (Å²) in [4.78, 5) is 36.5. The Morgan fingerprint density at radius 1 is 1.05 bits per heavy atom. The van der Waals surface area contributed by atoms with Gasteiger partial charge in [-0.1, -0.05) is 19.1 Å². The van der Waals surface area contributed by atoms with Crippen molar-refractivity contribution in [1.29, 1.82) is 0 Å². The van der Waals surface area contributed by atoms with Gasteiger partial charge in [-0.05, 0) is 50.4 Å². The Morgan fingerprint density at radius 3 is 2.38 bits per heavy atom. The lowest BCUT2D eigenvalue weighted by atomic mass is 9.70. The van der Waals surface area contributed by atoms with Gasteiger partial charge in [0.1, 0.15) is 5.92 Å². The molecule has 0 saturated heterocycles. The Morgan fingerprint density at radius 2 is 1.71 bits per heavy atom. The van der Waals surface area contributed by atoms with Crippen molar-refractivity contribution >= 4 is 17.3 Å². The number of rotatable bonds is 4. The van der Waals surface area contributed by atoms with Crippen LogP contribution in [0.15, 0.2) is 12.2 Å². The van der Waals surface area contributed by atoms with E-state index in [1.807, 2.05) is 6.92 Å². The summed E-state index contributed by atoms with van der Waals surface area (Å²) in [6.45, 7) is 1.90. The molecule has 1 saturated carbocycles. The third-order valence-corrected chi connectivity index (χ3v) is 4.87. The third-order valence-electron chi connectivity index (χ3n) is 4.87. The Kier molecular flexibility index (Phi) is 5.89. The highest BCUT2D eigenvalue weighted by atomic mass is 16.2. The normalized spacial score (nSPS) is 30.8. The molecule has 3 heteroatoms. The molecule has 21 heavy (non-hydrogen) atoms. The van der Waals surface area contributed by atoms with Crippen LogP contribution in [0.4, 0.5) is 0 Å². The summed E-state index contributed by atoms with van der Waals surface area (Å²) in [7, 11) is 0. The first-order valence-electron chi connectivity index (χ1n) is 8.36. The molecule has 0 aromatic carbocycles. The van der Waals surface area contributed by atoms with E-state index in [0.29, 0.717) is 31.6 Å². The zero-order valence-corrected chi connectivity index (χ0v) is 13.0. The second kappa shape index (κ2) is 7.67. The average molecular weight is 290 g/mol. The number of ketones is 3. The molecule has 0 bridgehead atoms. The average Bonchev–Trinajstić information content (AvgIpc) is 2.37. The molecule has 116 valence electrons. The van der Waals surface area contributed by atoms with E-state index >= 15 is 0 Å². The monoisotopic (exact) mass is 290 g/mol. The first-order chi connectivity index (χ1) is 10.1. The van der Waals surface area contributed by atoms with Crippen LogP contribution >= 0.6 is 0 Å². The highest BCUT2D eigenvalue weighted by Crippen LogP contribution is 2.36. The van der Waals surface area contributed by atoms with Gasteiger partial charge in [0.2, 0.25) is 0 Å². The molecule has 2 aliphatic rings. The fourth-order valence-corrected chi connectivity index (χ4v) is 3.75. The first-order valence-corrected chi connectivity index (χ1v) is 8.36. The Balaban J connectivity index is 2.00. The molecule has 1 fully saturated rings. The topological polar surface area (TPSA) is 51.2 Å². The van der Waals surface area contributed by atoms with Crippen LogP contribution in [0.3, 0.4) is 0 Å². The molecule has 2 aliphatic carbocycles. The molecule has 0 amide bonds. The van der Waals surface area contributed by atoms with E-state index in [1.54, 1.807) is 0 Å². The van der Waals surface area contributed by atoms with Crippen molar-refractivity contribution in [3.63, 3.8) is 0 Å². The predicted octanol–water partition coefficient (Wildman–Crippen LogP) is 3.66. The van der Waals surface area contributed by atoms with Gasteiger partial charge in [0, 0.05) is 19.3 Å². The molecule has 0 aromatic rings. The summed E-state index contributed by atoms with van der Waals surface area (Å²) in [5, 5.41) is 0. The van der Waals surface area contributed by atoms with Crippen LogP contribution in [0.5, 0.6) is 0 Å². The minimum Gasteiger partial charge on any atom is -0.298 e. The van der Waals surface area contributed by atoms with Crippen molar-refractivity contribution in [2.45, 2.75) is 64.7 Å². The van der Waals surface area contributed by atoms with E-state index in [1.165, 1.54) is 0 Å². The van der Waals surface area contributed by atoms with Gasteiger partial charge in [0.15, 0.2) is 17.3 Å². The van der Waals surface area contributed by atoms with Crippen LogP contribution in [0.2, 0.25) is 0 Å².